The lowest BCUT2D eigenvalue weighted by Crippen LogP contribution is -2.28. The van der Waals surface area contributed by atoms with Gasteiger partial charge in [-0.3, -0.25) is 9.89 Å². The standard InChI is InChI=1S/C22H19Cl2N5O/c1-12-17(13(2)28-27-12)11-29(3)22(30)20-16-10-14(23)8-9-19(16)25-21(26-20)15-6-4-5-7-18(15)24/h4-10H,11H2,1-3H3,(H,27,28). The first-order valence-electron chi connectivity index (χ1n) is 9.33. The molecule has 0 spiro atoms. The number of rotatable bonds is 4. The van der Waals surface area contributed by atoms with Crippen molar-refractivity contribution in [2.75, 3.05) is 7.05 Å². The third-order valence-electron chi connectivity index (χ3n) is 5.00. The Morgan fingerprint density at radius 1 is 1.10 bits per heavy atom. The molecule has 4 aromatic rings. The zero-order valence-corrected chi connectivity index (χ0v) is 18.2. The van der Waals surface area contributed by atoms with Crippen LogP contribution in [0, 0.1) is 13.8 Å². The number of nitrogens with zero attached hydrogens (tertiary/aromatic N) is 4. The van der Waals surface area contributed by atoms with E-state index < -0.39 is 0 Å². The van der Waals surface area contributed by atoms with E-state index in [0.717, 1.165) is 17.0 Å². The van der Waals surface area contributed by atoms with Crippen molar-refractivity contribution < 1.29 is 4.79 Å². The molecule has 0 aliphatic rings. The summed E-state index contributed by atoms with van der Waals surface area (Å²) in [5, 5.41) is 8.77. The van der Waals surface area contributed by atoms with Gasteiger partial charge >= 0.3 is 0 Å². The summed E-state index contributed by atoms with van der Waals surface area (Å²) in [6.45, 7) is 4.25. The van der Waals surface area contributed by atoms with E-state index in [1.165, 1.54) is 0 Å². The summed E-state index contributed by atoms with van der Waals surface area (Å²) in [4.78, 5) is 24.2. The normalized spacial score (nSPS) is 11.1. The molecule has 0 bridgehead atoms. The number of nitrogens with one attached hydrogen (secondary N) is 1. The van der Waals surface area contributed by atoms with Gasteiger partial charge in [0.05, 0.1) is 16.2 Å². The minimum absolute atomic E-state index is 0.238. The van der Waals surface area contributed by atoms with Gasteiger partial charge in [-0.15, -0.1) is 0 Å². The summed E-state index contributed by atoms with van der Waals surface area (Å²) in [5.74, 6) is 0.154. The van der Waals surface area contributed by atoms with Crippen LogP contribution in [0.2, 0.25) is 10.0 Å². The van der Waals surface area contributed by atoms with Gasteiger partial charge < -0.3 is 4.90 Å². The molecule has 0 fully saturated rings. The lowest BCUT2D eigenvalue weighted by Gasteiger charge is -2.18. The molecule has 152 valence electrons. The molecule has 2 aromatic carbocycles. The van der Waals surface area contributed by atoms with Crippen molar-refractivity contribution in [3.05, 3.63) is 75.2 Å². The van der Waals surface area contributed by atoms with Gasteiger partial charge in [-0.05, 0) is 44.2 Å². The van der Waals surface area contributed by atoms with Crippen molar-refractivity contribution in [3.63, 3.8) is 0 Å². The Morgan fingerprint density at radius 3 is 2.57 bits per heavy atom. The van der Waals surface area contributed by atoms with Crippen LogP contribution in [0.3, 0.4) is 0 Å². The number of fused-ring (bicyclic) bond motifs is 1. The van der Waals surface area contributed by atoms with Crippen molar-refractivity contribution in [1.82, 2.24) is 25.1 Å². The molecule has 0 radical (unpaired) electrons. The van der Waals surface area contributed by atoms with Gasteiger partial charge in [0.15, 0.2) is 5.82 Å². The van der Waals surface area contributed by atoms with Gasteiger partial charge in [0.25, 0.3) is 5.91 Å². The van der Waals surface area contributed by atoms with Crippen LogP contribution in [0.15, 0.2) is 42.5 Å². The molecule has 8 heteroatoms. The quantitative estimate of drug-likeness (QED) is 0.473. The molecule has 0 saturated heterocycles. The van der Waals surface area contributed by atoms with Gasteiger partial charge in [-0.25, -0.2) is 9.97 Å². The van der Waals surface area contributed by atoms with Crippen molar-refractivity contribution in [2.45, 2.75) is 20.4 Å². The minimum atomic E-state index is -0.238. The van der Waals surface area contributed by atoms with E-state index >= 15 is 0 Å². The molecule has 6 nitrogen and oxygen atoms in total. The Bertz CT molecular complexity index is 1250. The molecule has 0 unspecified atom stereocenters. The highest BCUT2D eigenvalue weighted by molar-refractivity contribution is 6.33. The largest absolute Gasteiger partial charge is 0.336 e. The Kier molecular flexibility index (Phi) is 5.45. The first-order valence-corrected chi connectivity index (χ1v) is 10.1. The third kappa shape index (κ3) is 3.76. The number of carbonyl (C=O) groups excluding carboxylic acids is 1. The molecule has 1 amide bonds. The van der Waals surface area contributed by atoms with Crippen molar-refractivity contribution in [2.24, 2.45) is 0 Å². The fraction of sp³-hybridized carbons (Fsp3) is 0.182. The second-order valence-corrected chi connectivity index (χ2v) is 7.95. The number of aromatic amines is 1. The first kappa shape index (κ1) is 20.3. The lowest BCUT2D eigenvalue weighted by molar-refractivity contribution is 0.0781. The van der Waals surface area contributed by atoms with Crippen LogP contribution in [-0.2, 0) is 6.54 Å². The van der Waals surface area contributed by atoms with E-state index in [-0.39, 0.29) is 11.6 Å². The molecule has 4 rings (SSSR count). The van der Waals surface area contributed by atoms with Crippen LogP contribution in [0.5, 0.6) is 0 Å². The molecular formula is C22H19Cl2N5O. The number of H-pyrrole nitrogens is 1. The van der Waals surface area contributed by atoms with Crippen LogP contribution in [0.1, 0.15) is 27.4 Å². The highest BCUT2D eigenvalue weighted by Crippen LogP contribution is 2.29. The van der Waals surface area contributed by atoms with E-state index in [1.807, 2.05) is 32.0 Å². The lowest BCUT2D eigenvalue weighted by atomic mass is 10.1. The van der Waals surface area contributed by atoms with Gasteiger partial charge in [-0.1, -0.05) is 35.3 Å². The van der Waals surface area contributed by atoms with Crippen LogP contribution in [-0.4, -0.2) is 38.0 Å². The minimum Gasteiger partial charge on any atom is -0.336 e. The maximum absolute atomic E-state index is 13.4. The van der Waals surface area contributed by atoms with Crippen LogP contribution >= 0.6 is 23.2 Å². The molecular weight excluding hydrogens is 421 g/mol. The molecule has 0 saturated carbocycles. The van der Waals surface area contributed by atoms with Gasteiger partial charge in [0.1, 0.15) is 5.69 Å². The Labute approximate surface area is 183 Å². The number of aryl methyl sites for hydroxylation is 2. The predicted octanol–water partition coefficient (Wildman–Crippen LogP) is 5.22. The van der Waals surface area contributed by atoms with E-state index in [2.05, 4.69) is 20.2 Å². The van der Waals surface area contributed by atoms with Gasteiger partial charge in [0.2, 0.25) is 0 Å². The monoisotopic (exact) mass is 439 g/mol. The number of benzene rings is 2. The maximum Gasteiger partial charge on any atom is 0.273 e. The van der Waals surface area contributed by atoms with Crippen molar-refractivity contribution in [1.29, 1.82) is 0 Å². The smallest absolute Gasteiger partial charge is 0.273 e. The average molecular weight is 440 g/mol. The first-order chi connectivity index (χ1) is 14.3. The summed E-state index contributed by atoms with van der Waals surface area (Å²) in [7, 11) is 1.74. The Hall–Kier alpha value is -2.96. The zero-order chi connectivity index (χ0) is 21.4. The summed E-state index contributed by atoms with van der Waals surface area (Å²) in [6.07, 6.45) is 0. The number of carbonyl (C=O) groups is 1. The maximum atomic E-state index is 13.4. The zero-order valence-electron chi connectivity index (χ0n) is 16.7. The van der Waals surface area contributed by atoms with Gasteiger partial charge in [-0.2, -0.15) is 5.10 Å². The van der Waals surface area contributed by atoms with Crippen molar-refractivity contribution in [3.8, 4) is 11.4 Å². The number of amides is 1. The molecule has 30 heavy (non-hydrogen) atoms. The predicted molar refractivity (Wildman–Crippen MR) is 119 cm³/mol. The topological polar surface area (TPSA) is 74.8 Å². The number of hydrogen-bond acceptors (Lipinski definition) is 4. The number of halogens is 2. The highest BCUT2D eigenvalue weighted by Gasteiger charge is 2.22. The summed E-state index contributed by atoms with van der Waals surface area (Å²) >= 11 is 12.6. The highest BCUT2D eigenvalue weighted by atomic mass is 35.5. The van der Waals surface area contributed by atoms with E-state index in [1.54, 1.807) is 36.2 Å². The number of aromatic nitrogens is 4. The second kappa shape index (κ2) is 8.05. The summed E-state index contributed by atoms with van der Waals surface area (Å²) in [5.41, 5.74) is 4.33. The molecule has 2 heterocycles. The molecule has 2 aromatic heterocycles. The average Bonchev–Trinajstić information content (AvgIpc) is 3.05. The molecule has 0 aliphatic carbocycles. The van der Waals surface area contributed by atoms with Crippen molar-refractivity contribution >= 4 is 40.0 Å². The second-order valence-electron chi connectivity index (χ2n) is 7.11. The van der Waals surface area contributed by atoms with Gasteiger partial charge in [0, 0.05) is 40.8 Å². The summed E-state index contributed by atoms with van der Waals surface area (Å²) < 4.78 is 0. The SMILES string of the molecule is Cc1n[nH]c(C)c1CN(C)C(=O)c1nc(-c2ccccc2Cl)nc2ccc(Cl)cc12. The third-order valence-corrected chi connectivity index (χ3v) is 5.56. The summed E-state index contributed by atoms with van der Waals surface area (Å²) in [6, 6.07) is 12.5. The van der Waals surface area contributed by atoms with Crippen LogP contribution in [0.25, 0.3) is 22.3 Å². The Balaban J connectivity index is 1.83. The molecule has 0 aliphatic heterocycles. The Morgan fingerprint density at radius 2 is 1.87 bits per heavy atom. The molecule has 1 N–H and O–H groups in total. The van der Waals surface area contributed by atoms with E-state index in [0.29, 0.717) is 38.9 Å². The van der Waals surface area contributed by atoms with E-state index in [9.17, 15) is 4.79 Å². The number of hydrogen-bond donors (Lipinski definition) is 1. The fourth-order valence-corrected chi connectivity index (χ4v) is 3.72. The fourth-order valence-electron chi connectivity index (χ4n) is 3.32. The van der Waals surface area contributed by atoms with Crippen LogP contribution in [0.4, 0.5) is 0 Å². The van der Waals surface area contributed by atoms with Crippen LogP contribution < -0.4 is 0 Å². The molecule has 0 atom stereocenters. The van der Waals surface area contributed by atoms with E-state index in [4.69, 9.17) is 23.2 Å².